The molecule has 1 unspecified atom stereocenters. The Bertz CT molecular complexity index is 617. The standard InChI is InChI=1S/C15H15Cl2N3O/c1-2-3-13(10-6-12(17)8-18-7-10)15(21)20-14-5-4-11(16)9-19-14/h4-9,13H,2-3H2,1H3,(H,19,20,21). The van der Waals surface area contributed by atoms with Crippen LogP contribution >= 0.6 is 23.2 Å². The summed E-state index contributed by atoms with van der Waals surface area (Å²) >= 11 is 11.7. The highest BCUT2D eigenvalue weighted by Crippen LogP contribution is 2.24. The van der Waals surface area contributed by atoms with Crippen molar-refractivity contribution in [3.63, 3.8) is 0 Å². The van der Waals surface area contributed by atoms with Crippen LogP contribution in [0, 0.1) is 0 Å². The number of hydrogen-bond acceptors (Lipinski definition) is 3. The Kier molecular flexibility index (Phi) is 5.53. The molecule has 1 atom stereocenters. The number of nitrogens with zero attached hydrogens (tertiary/aromatic N) is 2. The van der Waals surface area contributed by atoms with Gasteiger partial charge in [-0.3, -0.25) is 9.78 Å². The molecular formula is C15H15Cl2N3O. The van der Waals surface area contributed by atoms with Crippen molar-refractivity contribution in [3.05, 3.63) is 52.4 Å². The van der Waals surface area contributed by atoms with Crippen molar-refractivity contribution in [2.45, 2.75) is 25.7 Å². The second-order valence-electron chi connectivity index (χ2n) is 4.63. The molecule has 0 aliphatic carbocycles. The Hall–Kier alpha value is -1.65. The second kappa shape index (κ2) is 7.38. The fraction of sp³-hybridized carbons (Fsp3) is 0.267. The molecule has 0 saturated heterocycles. The van der Waals surface area contributed by atoms with E-state index in [9.17, 15) is 4.79 Å². The van der Waals surface area contributed by atoms with E-state index in [1.807, 2.05) is 6.92 Å². The van der Waals surface area contributed by atoms with Gasteiger partial charge in [-0.2, -0.15) is 0 Å². The minimum absolute atomic E-state index is 0.129. The van der Waals surface area contributed by atoms with E-state index in [0.717, 1.165) is 12.0 Å². The highest BCUT2D eigenvalue weighted by atomic mass is 35.5. The number of carbonyl (C=O) groups excluding carboxylic acids is 1. The molecule has 0 aliphatic rings. The van der Waals surface area contributed by atoms with Crippen LogP contribution in [0.25, 0.3) is 0 Å². The number of aromatic nitrogens is 2. The Morgan fingerprint density at radius 2 is 2.05 bits per heavy atom. The molecule has 2 aromatic rings. The van der Waals surface area contributed by atoms with Crippen molar-refractivity contribution in [2.24, 2.45) is 0 Å². The lowest BCUT2D eigenvalue weighted by molar-refractivity contribution is -0.117. The summed E-state index contributed by atoms with van der Waals surface area (Å²) in [6.45, 7) is 2.03. The van der Waals surface area contributed by atoms with Crippen LogP contribution in [0.3, 0.4) is 0 Å². The third-order valence-electron chi connectivity index (χ3n) is 3.00. The van der Waals surface area contributed by atoms with E-state index in [0.29, 0.717) is 22.3 Å². The van der Waals surface area contributed by atoms with Gasteiger partial charge in [-0.1, -0.05) is 36.5 Å². The summed E-state index contributed by atoms with van der Waals surface area (Å²) in [4.78, 5) is 20.6. The predicted octanol–water partition coefficient (Wildman–Crippen LogP) is 4.31. The molecule has 0 aromatic carbocycles. The number of pyridine rings is 2. The van der Waals surface area contributed by atoms with Gasteiger partial charge in [-0.25, -0.2) is 4.98 Å². The average Bonchev–Trinajstić information content (AvgIpc) is 2.47. The Balaban J connectivity index is 2.17. The second-order valence-corrected chi connectivity index (χ2v) is 5.50. The maximum absolute atomic E-state index is 12.4. The Morgan fingerprint density at radius 1 is 1.24 bits per heavy atom. The third kappa shape index (κ3) is 4.41. The van der Waals surface area contributed by atoms with Crippen molar-refractivity contribution in [1.82, 2.24) is 9.97 Å². The molecule has 4 nitrogen and oxygen atoms in total. The van der Waals surface area contributed by atoms with E-state index >= 15 is 0 Å². The molecule has 0 aliphatic heterocycles. The molecule has 1 N–H and O–H groups in total. The maximum atomic E-state index is 12.4. The number of halogens is 2. The Labute approximate surface area is 133 Å². The molecule has 1 amide bonds. The molecular weight excluding hydrogens is 309 g/mol. The summed E-state index contributed by atoms with van der Waals surface area (Å²) < 4.78 is 0. The molecule has 2 rings (SSSR count). The topological polar surface area (TPSA) is 54.9 Å². The Morgan fingerprint density at radius 3 is 2.67 bits per heavy atom. The van der Waals surface area contributed by atoms with Crippen LogP contribution in [0.1, 0.15) is 31.2 Å². The number of anilines is 1. The van der Waals surface area contributed by atoms with Crippen LogP contribution in [0.4, 0.5) is 5.82 Å². The highest BCUT2D eigenvalue weighted by molar-refractivity contribution is 6.30. The van der Waals surface area contributed by atoms with Crippen molar-refractivity contribution >= 4 is 34.9 Å². The van der Waals surface area contributed by atoms with E-state index in [1.165, 1.54) is 6.20 Å². The first-order valence-electron chi connectivity index (χ1n) is 6.63. The van der Waals surface area contributed by atoms with E-state index in [2.05, 4.69) is 15.3 Å². The van der Waals surface area contributed by atoms with Crippen LogP contribution in [0.2, 0.25) is 10.0 Å². The molecule has 6 heteroatoms. The quantitative estimate of drug-likeness (QED) is 0.892. The number of nitrogens with one attached hydrogen (secondary N) is 1. The van der Waals surface area contributed by atoms with Gasteiger partial charge in [0.05, 0.1) is 16.0 Å². The molecule has 0 spiro atoms. The zero-order chi connectivity index (χ0) is 15.2. The van der Waals surface area contributed by atoms with Gasteiger partial charge in [-0.15, -0.1) is 0 Å². The van der Waals surface area contributed by atoms with Crippen molar-refractivity contribution in [2.75, 3.05) is 5.32 Å². The lowest BCUT2D eigenvalue weighted by Crippen LogP contribution is -2.21. The number of carbonyl (C=O) groups is 1. The fourth-order valence-electron chi connectivity index (χ4n) is 2.02. The van der Waals surface area contributed by atoms with Crippen LogP contribution in [0.5, 0.6) is 0 Å². The normalized spacial score (nSPS) is 12.0. The fourth-order valence-corrected chi connectivity index (χ4v) is 2.31. The van der Waals surface area contributed by atoms with Gasteiger partial charge in [0.2, 0.25) is 5.91 Å². The smallest absolute Gasteiger partial charge is 0.233 e. The SMILES string of the molecule is CCCC(C(=O)Nc1ccc(Cl)cn1)c1cncc(Cl)c1. The first kappa shape index (κ1) is 15.7. The lowest BCUT2D eigenvalue weighted by atomic mass is 9.95. The zero-order valence-corrected chi connectivity index (χ0v) is 13.0. The molecule has 0 saturated carbocycles. The molecule has 2 aromatic heterocycles. The van der Waals surface area contributed by atoms with E-state index in [1.54, 1.807) is 30.6 Å². The van der Waals surface area contributed by atoms with E-state index in [4.69, 9.17) is 23.2 Å². The monoisotopic (exact) mass is 323 g/mol. The molecule has 2 heterocycles. The molecule has 0 bridgehead atoms. The number of amides is 1. The molecule has 0 radical (unpaired) electrons. The predicted molar refractivity (Wildman–Crippen MR) is 84.8 cm³/mol. The summed E-state index contributed by atoms with van der Waals surface area (Å²) in [5.74, 6) is 0.0370. The zero-order valence-electron chi connectivity index (χ0n) is 11.5. The van der Waals surface area contributed by atoms with E-state index in [-0.39, 0.29) is 11.8 Å². The number of hydrogen-bond donors (Lipinski definition) is 1. The summed E-state index contributed by atoms with van der Waals surface area (Å²) in [7, 11) is 0. The molecule has 21 heavy (non-hydrogen) atoms. The van der Waals surface area contributed by atoms with Crippen molar-refractivity contribution in [1.29, 1.82) is 0 Å². The average molecular weight is 324 g/mol. The van der Waals surface area contributed by atoms with Crippen LogP contribution in [-0.2, 0) is 4.79 Å². The summed E-state index contributed by atoms with van der Waals surface area (Å²) in [5.41, 5.74) is 0.802. The van der Waals surface area contributed by atoms with Crippen molar-refractivity contribution in [3.8, 4) is 0 Å². The highest BCUT2D eigenvalue weighted by Gasteiger charge is 2.21. The van der Waals surface area contributed by atoms with Crippen LogP contribution < -0.4 is 5.32 Å². The van der Waals surface area contributed by atoms with Crippen molar-refractivity contribution < 1.29 is 4.79 Å². The molecule has 110 valence electrons. The van der Waals surface area contributed by atoms with Gasteiger partial charge in [0, 0.05) is 18.6 Å². The minimum atomic E-state index is -0.307. The van der Waals surface area contributed by atoms with Gasteiger partial charge in [0.15, 0.2) is 0 Å². The first-order chi connectivity index (χ1) is 10.1. The lowest BCUT2D eigenvalue weighted by Gasteiger charge is -2.16. The summed E-state index contributed by atoms with van der Waals surface area (Å²) in [5, 5.41) is 3.84. The molecule has 0 fully saturated rings. The largest absolute Gasteiger partial charge is 0.310 e. The minimum Gasteiger partial charge on any atom is -0.310 e. The van der Waals surface area contributed by atoms with Gasteiger partial charge in [0.1, 0.15) is 5.82 Å². The van der Waals surface area contributed by atoms with Gasteiger partial charge < -0.3 is 5.32 Å². The maximum Gasteiger partial charge on any atom is 0.233 e. The van der Waals surface area contributed by atoms with Gasteiger partial charge in [-0.05, 0) is 30.2 Å². The number of rotatable bonds is 5. The summed E-state index contributed by atoms with van der Waals surface area (Å²) in [6, 6.07) is 5.11. The summed E-state index contributed by atoms with van der Waals surface area (Å²) in [6.07, 6.45) is 6.29. The first-order valence-corrected chi connectivity index (χ1v) is 7.38. The van der Waals surface area contributed by atoms with Crippen LogP contribution in [-0.4, -0.2) is 15.9 Å². The third-order valence-corrected chi connectivity index (χ3v) is 3.43. The van der Waals surface area contributed by atoms with E-state index < -0.39 is 0 Å². The van der Waals surface area contributed by atoms with Gasteiger partial charge >= 0.3 is 0 Å². The van der Waals surface area contributed by atoms with Crippen LogP contribution in [0.15, 0.2) is 36.8 Å². The van der Waals surface area contributed by atoms with Gasteiger partial charge in [0.25, 0.3) is 0 Å².